The predicted octanol–water partition coefficient (Wildman–Crippen LogP) is 3.22. The molecule has 0 heterocycles. The van der Waals surface area contributed by atoms with Crippen LogP contribution in [0.5, 0.6) is 0 Å². The predicted molar refractivity (Wildman–Crippen MR) is 69.6 cm³/mol. The molecule has 0 spiro atoms. The lowest BCUT2D eigenvalue weighted by atomic mass is 10.1. The van der Waals surface area contributed by atoms with Crippen molar-refractivity contribution in [3.8, 4) is 0 Å². The van der Waals surface area contributed by atoms with Gasteiger partial charge in [-0.15, -0.1) is 0 Å². The Morgan fingerprint density at radius 1 is 1.47 bits per heavy atom. The lowest BCUT2D eigenvalue weighted by Crippen LogP contribution is -2.28. The number of amides is 1. The summed E-state index contributed by atoms with van der Waals surface area (Å²) in [6.45, 7) is 2.69. The van der Waals surface area contributed by atoms with Gasteiger partial charge >= 0.3 is 0 Å². The minimum Gasteiger partial charge on any atom is -0.341 e. The van der Waals surface area contributed by atoms with Crippen LogP contribution < -0.4 is 0 Å². The lowest BCUT2D eigenvalue weighted by molar-refractivity contribution is 0.0804. The van der Waals surface area contributed by atoms with Crippen molar-refractivity contribution >= 4 is 37.8 Å². The second-order valence-corrected chi connectivity index (χ2v) is 5.03. The number of nitrogens with zero attached hydrogens (tertiary/aromatic N) is 1. The molecule has 82 valence electrons. The van der Waals surface area contributed by atoms with Gasteiger partial charge in [-0.25, -0.2) is 0 Å². The molecule has 0 bridgehead atoms. The summed E-state index contributed by atoms with van der Waals surface area (Å²) in [5.74, 6) is 0.0602. The molecule has 1 rings (SSSR count). The molecule has 1 aromatic carbocycles. The molecule has 0 atom stereocenters. The normalized spacial score (nSPS) is 10.1. The van der Waals surface area contributed by atoms with E-state index in [2.05, 4.69) is 31.9 Å². The van der Waals surface area contributed by atoms with E-state index in [4.69, 9.17) is 0 Å². The SMILES string of the molecule is Cc1cc(C(=O)N(C)CCBr)ccc1Br. The first-order chi connectivity index (χ1) is 7.06. The minimum absolute atomic E-state index is 0.0602. The summed E-state index contributed by atoms with van der Waals surface area (Å²) in [5.41, 5.74) is 1.81. The van der Waals surface area contributed by atoms with E-state index >= 15 is 0 Å². The summed E-state index contributed by atoms with van der Waals surface area (Å²) in [6.07, 6.45) is 0. The van der Waals surface area contributed by atoms with Crippen molar-refractivity contribution in [1.29, 1.82) is 0 Å². The van der Waals surface area contributed by atoms with Gasteiger partial charge in [0.1, 0.15) is 0 Å². The van der Waals surface area contributed by atoms with Crippen LogP contribution in [0, 0.1) is 6.92 Å². The van der Waals surface area contributed by atoms with Crippen molar-refractivity contribution in [1.82, 2.24) is 4.90 Å². The Balaban J connectivity index is 2.87. The van der Waals surface area contributed by atoms with Crippen molar-refractivity contribution in [2.75, 3.05) is 18.9 Å². The summed E-state index contributed by atoms with van der Waals surface area (Å²) in [4.78, 5) is 13.6. The fourth-order valence-electron chi connectivity index (χ4n) is 1.23. The summed E-state index contributed by atoms with van der Waals surface area (Å²) in [7, 11) is 1.81. The standard InChI is InChI=1S/C11H13Br2NO/c1-8-7-9(3-4-10(8)13)11(15)14(2)6-5-12/h3-4,7H,5-6H2,1-2H3. The van der Waals surface area contributed by atoms with Crippen LogP contribution in [-0.4, -0.2) is 29.7 Å². The number of aryl methyl sites for hydroxylation is 1. The first-order valence-electron chi connectivity index (χ1n) is 4.64. The van der Waals surface area contributed by atoms with Crippen LogP contribution in [0.25, 0.3) is 0 Å². The number of rotatable bonds is 3. The van der Waals surface area contributed by atoms with E-state index in [0.29, 0.717) is 6.54 Å². The topological polar surface area (TPSA) is 20.3 Å². The molecule has 1 aromatic rings. The summed E-state index contributed by atoms with van der Waals surface area (Å²) >= 11 is 6.73. The van der Waals surface area contributed by atoms with Gasteiger partial charge in [-0.05, 0) is 30.7 Å². The highest BCUT2D eigenvalue weighted by Gasteiger charge is 2.11. The van der Waals surface area contributed by atoms with Crippen LogP contribution >= 0.6 is 31.9 Å². The fraction of sp³-hybridized carbons (Fsp3) is 0.364. The summed E-state index contributed by atoms with van der Waals surface area (Å²) in [6, 6.07) is 5.64. The van der Waals surface area contributed by atoms with Crippen LogP contribution in [-0.2, 0) is 0 Å². The molecule has 0 aliphatic carbocycles. The molecule has 0 saturated heterocycles. The Hall–Kier alpha value is -0.350. The van der Waals surface area contributed by atoms with Crippen molar-refractivity contribution in [3.05, 3.63) is 33.8 Å². The highest BCUT2D eigenvalue weighted by molar-refractivity contribution is 9.10. The highest BCUT2D eigenvalue weighted by atomic mass is 79.9. The van der Waals surface area contributed by atoms with Crippen LogP contribution in [0.2, 0.25) is 0 Å². The Labute approximate surface area is 107 Å². The number of benzene rings is 1. The largest absolute Gasteiger partial charge is 0.341 e. The number of carbonyl (C=O) groups excluding carboxylic acids is 1. The maximum Gasteiger partial charge on any atom is 0.253 e. The average molecular weight is 335 g/mol. The molecule has 0 aliphatic heterocycles. The third-order valence-corrected chi connectivity index (χ3v) is 3.42. The molecule has 0 fully saturated rings. The zero-order chi connectivity index (χ0) is 11.4. The van der Waals surface area contributed by atoms with E-state index < -0.39 is 0 Å². The first-order valence-corrected chi connectivity index (χ1v) is 6.55. The third kappa shape index (κ3) is 3.31. The van der Waals surface area contributed by atoms with Gasteiger partial charge in [-0.3, -0.25) is 4.79 Å². The molecule has 1 amide bonds. The zero-order valence-corrected chi connectivity index (χ0v) is 11.9. The number of hydrogen-bond donors (Lipinski definition) is 0. The Bertz CT molecular complexity index is 366. The second-order valence-electron chi connectivity index (χ2n) is 3.38. The fourth-order valence-corrected chi connectivity index (χ4v) is 2.01. The van der Waals surface area contributed by atoms with E-state index in [0.717, 1.165) is 20.9 Å². The molecule has 0 N–H and O–H groups in total. The van der Waals surface area contributed by atoms with Gasteiger partial charge in [-0.1, -0.05) is 31.9 Å². The molecule has 0 aliphatic rings. The van der Waals surface area contributed by atoms with Gasteiger partial charge in [0, 0.05) is 29.0 Å². The number of hydrogen-bond acceptors (Lipinski definition) is 1. The van der Waals surface area contributed by atoms with Gasteiger partial charge < -0.3 is 4.90 Å². The van der Waals surface area contributed by atoms with Crippen molar-refractivity contribution in [3.63, 3.8) is 0 Å². The second kappa shape index (κ2) is 5.66. The molecular formula is C11H13Br2NO. The van der Waals surface area contributed by atoms with Crippen LogP contribution in [0.15, 0.2) is 22.7 Å². The number of halogens is 2. The zero-order valence-electron chi connectivity index (χ0n) is 8.76. The maximum absolute atomic E-state index is 11.9. The smallest absolute Gasteiger partial charge is 0.253 e. The number of carbonyl (C=O) groups is 1. The maximum atomic E-state index is 11.9. The van der Waals surface area contributed by atoms with Gasteiger partial charge in [0.15, 0.2) is 0 Å². The van der Waals surface area contributed by atoms with Crippen LogP contribution in [0.3, 0.4) is 0 Å². The molecule has 0 unspecified atom stereocenters. The molecule has 15 heavy (non-hydrogen) atoms. The Morgan fingerprint density at radius 3 is 2.67 bits per heavy atom. The molecule has 2 nitrogen and oxygen atoms in total. The van der Waals surface area contributed by atoms with E-state index in [1.54, 1.807) is 11.9 Å². The van der Waals surface area contributed by atoms with E-state index in [9.17, 15) is 4.79 Å². The van der Waals surface area contributed by atoms with Crippen molar-refractivity contribution in [2.45, 2.75) is 6.92 Å². The molecular weight excluding hydrogens is 322 g/mol. The number of alkyl halides is 1. The van der Waals surface area contributed by atoms with Crippen LogP contribution in [0.4, 0.5) is 0 Å². The summed E-state index contributed by atoms with van der Waals surface area (Å²) < 4.78 is 1.03. The highest BCUT2D eigenvalue weighted by Crippen LogP contribution is 2.17. The lowest BCUT2D eigenvalue weighted by Gasteiger charge is -2.16. The van der Waals surface area contributed by atoms with E-state index in [-0.39, 0.29) is 5.91 Å². The van der Waals surface area contributed by atoms with Gasteiger partial charge in [0.05, 0.1) is 0 Å². The third-order valence-electron chi connectivity index (χ3n) is 2.17. The summed E-state index contributed by atoms with van der Waals surface area (Å²) in [5, 5.41) is 0.796. The quantitative estimate of drug-likeness (QED) is 0.777. The average Bonchev–Trinajstić information content (AvgIpc) is 2.21. The molecule has 0 saturated carbocycles. The van der Waals surface area contributed by atoms with Crippen LogP contribution in [0.1, 0.15) is 15.9 Å². The van der Waals surface area contributed by atoms with E-state index in [1.165, 1.54) is 0 Å². The monoisotopic (exact) mass is 333 g/mol. The van der Waals surface area contributed by atoms with Crippen molar-refractivity contribution < 1.29 is 4.79 Å². The Morgan fingerprint density at radius 2 is 2.13 bits per heavy atom. The van der Waals surface area contributed by atoms with E-state index in [1.807, 2.05) is 25.1 Å². The molecule has 4 heteroatoms. The Kier molecular flexibility index (Phi) is 4.80. The first kappa shape index (κ1) is 12.7. The molecule has 0 radical (unpaired) electrons. The minimum atomic E-state index is 0.0602. The van der Waals surface area contributed by atoms with Gasteiger partial charge in [0.25, 0.3) is 5.91 Å². The van der Waals surface area contributed by atoms with Gasteiger partial charge in [0.2, 0.25) is 0 Å². The van der Waals surface area contributed by atoms with Gasteiger partial charge in [-0.2, -0.15) is 0 Å². The molecule has 0 aromatic heterocycles. The van der Waals surface area contributed by atoms with Crippen molar-refractivity contribution in [2.24, 2.45) is 0 Å².